The number of ether oxygens (including phenoxy) is 1. The van der Waals surface area contributed by atoms with Gasteiger partial charge >= 0.3 is 0 Å². The van der Waals surface area contributed by atoms with Crippen molar-refractivity contribution in [3.05, 3.63) is 101 Å². The number of anilines is 1. The van der Waals surface area contributed by atoms with Crippen LogP contribution in [0.4, 0.5) is 5.69 Å². The number of nitrogens with one attached hydrogen (secondary N) is 1. The summed E-state index contributed by atoms with van der Waals surface area (Å²) in [4.78, 5) is 12.6. The molecule has 30 heavy (non-hydrogen) atoms. The summed E-state index contributed by atoms with van der Waals surface area (Å²) >= 11 is 0. The summed E-state index contributed by atoms with van der Waals surface area (Å²) in [5, 5.41) is 21.5. The third-order valence-corrected chi connectivity index (χ3v) is 4.50. The molecule has 0 aromatic heterocycles. The van der Waals surface area contributed by atoms with Crippen molar-refractivity contribution >= 4 is 17.7 Å². The third-order valence-electron chi connectivity index (χ3n) is 4.50. The average Bonchev–Trinajstić information content (AvgIpc) is 2.78. The van der Waals surface area contributed by atoms with Gasteiger partial charge in [-0.25, -0.2) is 0 Å². The fraction of sp³-hybridized carbons (Fsp3) is 0.0800. The first-order valence-corrected chi connectivity index (χ1v) is 9.31. The van der Waals surface area contributed by atoms with Crippen LogP contribution in [-0.2, 0) is 11.4 Å². The van der Waals surface area contributed by atoms with Gasteiger partial charge in [-0.2, -0.15) is 10.5 Å². The van der Waals surface area contributed by atoms with Crippen LogP contribution in [0.2, 0.25) is 0 Å². The van der Waals surface area contributed by atoms with E-state index in [1.165, 1.54) is 6.08 Å². The van der Waals surface area contributed by atoms with Crippen LogP contribution in [-0.4, -0.2) is 5.91 Å². The van der Waals surface area contributed by atoms with Crippen molar-refractivity contribution in [3.8, 4) is 17.9 Å². The Balaban J connectivity index is 1.82. The Morgan fingerprint density at radius 2 is 1.70 bits per heavy atom. The van der Waals surface area contributed by atoms with Crippen LogP contribution in [0, 0.1) is 29.6 Å². The number of para-hydroxylation sites is 2. The minimum atomic E-state index is -0.489. The number of aryl methyl sites for hydroxylation is 1. The number of nitriles is 2. The van der Waals surface area contributed by atoms with E-state index in [-0.39, 0.29) is 12.2 Å². The fourth-order valence-electron chi connectivity index (χ4n) is 2.85. The number of carbonyl (C=O) groups excluding carboxylic acids is 1. The standard InChI is InChI=1S/C25H19N3O2/c1-18-8-2-6-12-23(18)28-25(29)22(16-27)14-19-9-5-7-13-24(19)30-17-21-11-4-3-10-20(21)15-26/h2-14H,17H2,1H3,(H,28,29)/b22-14+. The van der Waals surface area contributed by atoms with E-state index in [1.807, 2.05) is 49.4 Å². The van der Waals surface area contributed by atoms with Gasteiger partial charge < -0.3 is 10.1 Å². The van der Waals surface area contributed by atoms with Crippen molar-refractivity contribution in [1.82, 2.24) is 0 Å². The van der Waals surface area contributed by atoms with Gasteiger partial charge in [-0.1, -0.05) is 54.6 Å². The molecule has 1 N–H and O–H groups in total. The zero-order valence-electron chi connectivity index (χ0n) is 16.4. The van der Waals surface area contributed by atoms with E-state index < -0.39 is 5.91 Å². The van der Waals surface area contributed by atoms with E-state index in [1.54, 1.807) is 36.4 Å². The lowest BCUT2D eigenvalue weighted by atomic mass is 10.1. The first kappa shape index (κ1) is 20.4. The summed E-state index contributed by atoms with van der Waals surface area (Å²) < 4.78 is 5.89. The minimum absolute atomic E-state index is 0.0354. The number of nitrogens with zero attached hydrogens (tertiary/aromatic N) is 2. The van der Waals surface area contributed by atoms with Gasteiger partial charge in [0.2, 0.25) is 0 Å². The molecule has 3 aromatic carbocycles. The molecule has 0 fully saturated rings. The third kappa shape index (κ3) is 4.92. The van der Waals surface area contributed by atoms with E-state index in [0.29, 0.717) is 22.6 Å². The van der Waals surface area contributed by atoms with Crippen molar-refractivity contribution in [2.75, 3.05) is 5.32 Å². The van der Waals surface area contributed by atoms with Crippen LogP contribution < -0.4 is 10.1 Å². The Morgan fingerprint density at radius 3 is 2.47 bits per heavy atom. The molecule has 0 aliphatic rings. The Hall–Kier alpha value is -4.35. The highest BCUT2D eigenvalue weighted by Crippen LogP contribution is 2.23. The van der Waals surface area contributed by atoms with Gasteiger partial charge in [-0.3, -0.25) is 4.79 Å². The highest BCUT2D eigenvalue weighted by molar-refractivity contribution is 6.10. The van der Waals surface area contributed by atoms with Crippen molar-refractivity contribution in [3.63, 3.8) is 0 Å². The second-order valence-corrected chi connectivity index (χ2v) is 6.53. The number of benzene rings is 3. The van der Waals surface area contributed by atoms with Gasteiger partial charge in [-0.05, 0) is 36.8 Å². The molecule has 3 aromatic rings. The Bertz CT molecular complexity index is 1180. The molecule has 0 saturated heterocycles. The molecule has 5 heteroatoms. The van der Waals surface area contributed by atoms with Crippen LogP contribution in [0.3, 0.4) is 0 Å². The number of carbonyl (C=O) groups is 1. The van der Waals surface area contributed by atoms with Gasteiger partial charge in [0.15, 0.2) is 0 Å². The van der Waals surface area contributed by atoms with E-state index in [2.05, 4.69) is 11.4 Å². The normalized spacial score (nSPS) is 10.6. The summed E-state index contributed by atoms with van der Waals surface area (Å²) in [5.41, 5.74) is 3.43. The molecule has 0 bridgehead atoms. The first-order valence-electron chi connectivity index (χ1n) is 9.31. The number of hydrogen-bond acceptors (Lipinski definition) is 4. The minimum Gasteiger partial charge on any atom is -0.488 e. The number of amides is 1. The van der Waals surface area contributed by atoms with Gasteiger partial charge in [-0.15, -0.1) is 0 Å². The molecule has 146 valence electrons. The summed E-state index contributed by atoms with van der Waals surface area (Å²) in [6.45, 7) is 2.08. The number of rotatable bonds is 6. The smallest absolute Gasteiger partial charge is 0.266 e. The average molecular weight is 393 g/mol. The molecule has 0 atom stereocenters. The SMILES string of the molecule is Cc1ccccc1NC(=O)/C(C#N)=C/c1ccccc1OCc1ccccc1C#N. The quantitative estimate of drug-likeness (QED) is 0.472. The maximum atomic E-state index is 12.6. The monoisotopic (exact) mass is 393 g/mol. The maximum Gasteiger partial charge on any atom is 0.266 e. The molecule has 3 rings (SSSR count). The molecule has 0 aliphatic carbocycles. The van der Waals surface area contributed by atoms with Crippen molar-refractivity contribution in [1.29, 1.82) is 10.5 Å². The second-order valence-electron chi connectivity index (χ2n) is 6.53. The Kier molecular flexibility index (Phi) is 6.61. The van der Waals surface area contributed by atoms with Crippen LogP contribution in [0.25, 0.3) is 6.08 Å². The lowest BCUT2D eigenvalue weighted by molar-refractivity contribution is -0.112. The molecule has 0 heterocycles. The van der Waals surface area contributed by atoms with Gasteiger partial charge in [0, 0.05) is 16.8 Å². The van der Waals surface area contributed by atoms with E-state index in [0.717, 1.165) is 11.1 Å². The second kappa shape index (κ2) is 9.73. The highest BCUT2D eigenvalue weighted by atomic mass is 16.5. The summed E-state index contributed by atoms with van der Waals surface area (Å²) in [5.74, 6) is 0.0260. The lowest BCUT2D eigenvalue weighted by Crippen LogP contribution is -2.14. The maximum absolute atomic E-state index is 12.6. The van der Waals surface area contributed by atoms with Gasteiger partial charge in [0.1, 0.15) is 24.0 Å². The zero-order valence-corrected chi connectivity index (χ0v) is 16.4. The topological polar surface area (TPSA) is 85.9 Å². The van der Waals surface area contributed by atoms with Crippen LogP contribution >= 0.6 is 0 Å². The van der Waals surface area contributed by atoms with Crippen molar-refractivity contribution in [2.24, 2.45) is 0 Å². The molecule has 5 nitrogen and oxygen atoms in total. The molecule has 0 aliphatic heterocycles. The number of hydrogen-bond donors (Lipinski definition) is 1. The van der Waals surface area contributed by atoms with Crippen LogP contribution in [0.15, 0.2) is 78.4 Å². The fourth-order valence-corrected chi connectivity index (χ4v) is 2.85. The molecule has 1 amide bonds. The molecular weight excluding hydrogens is 374 g/mol. The van der Waals surface area contributed by atoms with Gasteiger partial charge in [0.05, 0.1) is 11.6 Å². The van der Waals surface area contributed by atoms with Crippen molar-refractivity contribution in [2.45, 2.75) is 13.5 Å². The largest absolute Gasteiger partial charge is 0.488 e. The predicted octanol–water partition coefficient (Wildman–Crippen LogP) is 4.99. The van der Waals surface area contributed by atoms with Crippen LogP contribution in [0.1, 0.15) is 22.3 Å². The highest BCUT2D eigenvalue weighted by Gasteiger charge is 2.12. The summed E-state index contributed by atoms with van der Waals surface area (Å²) in [6.07, 6.45) is 1.50. The molecular formula is C25H19N3O2. The summed E-state index contributed by atoms with van der Waals surface area (Å²) in [7, 11) is 0. The molecule has 0 radical (unpaired) electrons. The molecule has 0 unspecified atom stereocenters. The Labute approximate surface area is 175 Å². The molecule has 0 spiro atoms. The predicted molar refractivity (Wildman–Crippen MR) is 115 cm³/mol. The van der Waals surface area contributed by atoms with E-state index in [9.17, 15) is 15.3 Å². The molecule has 0 saturated carbocycles. The zero-order chi connectivity index (χ0) is 21.3. The van der Waals surface area contributed by atoms with Crippen LogP contribution in [0.5, 0.6) is 5.75 Å². The lowest BCUT2D eigenvalue weighted by Gasteiger charge is -2.11. The van der Waals surface area contributed by atoms with Crippen molar-refractivity contribution < 1.29 is 9.53 Å². The van der Waals surface area contributed by atoms with Gasteiger partial charge in [0.25, 0.3) is 5.91 Å². The van der Waals surface area contributed by atoms with E-state index in [4.69, 9.17) is 4.74 Å². The Morgan fingerprint density at radius 1 is 1.00 bits per heavy atom. The first-order chi connectivity index (χ1) is 14.6. The summed E-state index contributed by atoms with van der Waals surface area (Å²) in [6, 6.07) is 25.8. The van der Waals surface area contributed by atoms with E-state index >= 15 is 0 Å².